The average Bonchev–Trinajstić information content (AvgIpc) is 0. The van der Waals surface area contributed by atoms with Gasteiger partial charge in [0.1, 0.15) is 0 Å². The van der Waals surface area contributed by atoms with Gasteiger partial charge in [-0.1, -0.05) is 0 Å². The molecule has 0 aromatic heterocycles. The largest absolute Gasteiger partial charge is 0 e. The van der Waals surface area contributed by atoms with E-state index in [1.54, 1.807) is 0 Å². The Kier molecular flexibility index (Phi) is 266. The Morgan fingerprint density at radius 1 is 1.00 bits per heavy atom. The Balaban J connectivity index is 0. The van der Waals surface area contributed by atoms with E-state index in [0.29, 0.717) is 0 Å². The van der Waals surface area contributed by atoms with Crippen molar-refractivity contribution in [2.24, 2.45) is 0 Å². The van der Waals surface area contributed by atoms with Crippen LogP contribution in [0, 0.1) is 0 Å². The number of rotatable bonds is 0. The van der Waals surface area contributed by atoms with Crippen molar-refractivity contribution < 1.29 is 50.9 Å². The molecule has 4 heavy (non-hydrogen) atoms. The van der Waals surface area contributed by atoms with E-state index in [2.05, 4.69) is 0 Å². The fraction of sp³-hybridized carbons (Fsp3) is 0. The SMILES string of the molecule is [B].[Cr].[Fe].[Ni]. The molecule has 4 heteroatoms. The summed E-state index contributed by atoms with van der Waals surface area (Å²) in [5, 5.41) is 0. The molecule has 0 saturated carbocycles. The van der Waals surface area contributed by atoms with Gasteiger partial charge in [0.05, 0.1) is 0 Å². The van der Waals surface area contributed by atoms with Crippen LogP contribution >= 0.6 is 0 Å². The standard InChI is InChI=1S/B.Cr.Fe.Ni. The molecule has 0 unspecified atom stereocenters. The predicted octanol–water partition coefficient (Wildman–Crippen LogP) is -0.388. The zero-order valence-electron chi connectivity index (χ0n) is 1.66. The van der Waals surface area contributed by atoms with Crippen molar-refractivity contribution in [3.63, 3.8) is 0 Å². The molecule has 0 aliphatic carbocycles. The molecule has 27 valence electrons. The molecule has 0 fully saturated rings. The normalized spacial score (nSPS) is 0. The Hall–Kier alpha value is 1.61. The van der Waals surface area contributed by atoms with Gasteiger partial charge in [0, 0.05) is 59.3 Å². The Labute approximate surface area is 59.2 Å². The molecule has 0 aliphatic heterocycles. The quantitative estimate of drug-likeness (QED) is 0.442. The van der Waals surface area contributed by atoms with Crippen molar-refractivity contribution in [1.29, 1.82) is 0 Å². The van der Waals surface area contributed by atoms with Crippen LogP contribution in [0.15, 0.2) is 0 Å². The zero-order chi connectivity index (χ0) is 0. The molecule has 0 aliphatic rings. The number of hydrogen-bond acceptors (Lipinski definition) is 0. The van der Waals surface area contributed by atoms with Crippen molar-refractivity contribution in [2.45, 2.75) is 0 Å². The van der Waals surface area contributed by atoms with Gasteiger partial charge in [-0.3, -0.25) is 0 Å². The van der Waals surface area contributed by atoms with Crippen molar-refractivity contribution in [2.75, 3.05) is 0 Å². The summed E-state index contributed by atoms with van der Waals surface area (Å²) < 4.78 is 0. The molecule has 0 atom stereocenters. The van der Waals surface area contributed by atoms with Gasteiger partial charge in [-0.25, -0.2) is 0 Å². The van der Waals surface area contributed by atoms with Gasteiger partial charge in [0.2, 0.25) is 0 Å². The summed E-state index contributed by atoms with van der Waals surface area (Å²) in [6.45, 7) is 0. The van der Waals surface area contributed by atoms with Crippen LogP contribution in [-0.4, -0.2) is 8.41 Å². The van der Waals surface area contributed by atoms with Gasteiger partial charge in [0.25, 0.3) is 0 Å². The third-order valence-corrected chi connectivity index (χ3v) is 0. The van der Waals surface area contributed by atoms with Crippen molar-refractivity contribution in [1.82, 2.24) is 0 Å². The van der Waals surface area contributed by atoms with Gasteiger partial charge in [-0.15, -0.1) is 0 Å². The molecule has 0 amide bonds. The van der Waals surface area contributed by atoms with Crippen LogP contribution in [0.3, 0.4) is 0 Å². The molecule has 0 spiro atoms. The van der Waals surface area contributed by atoms with Crippen LogP contribution in [0.25, 0.3) is 0 Å². The molecule has 0 nitrogen and oxygen atoms in total. The van der Waals surface area contributed by atoms with Gasteiger partial charge in [-0.2, -0.15) is 0 Å². The maximum atomic E-state index is 0. The molecule has 0 heterocycles. The monoisotopic (exact) mass is 177 g/mol. The predicted molar refractivity (Wildman–Crippen MR) is 5.75 cm³/mol. The van der Waals surface area contributed by atoms with Crippen molar-refractivity contribution in [3.8, 4) is 0 Å². The second-order valence-corrected chi connectivity index (χ2v) is 0. The summed E-state index contributed by atoms with van der Waals surface area (Å²) in [4.78, 5) is 0. The molecule has 0 aromatic carbocycles. The summed E-state index contributed by atoms with van der Waals surface area (Å²) in [6, 6.07) is 0. The van der Waals surface area contributed by atoms with E-state index >= 15 is 0 Å². The third kappa shape index (κ3) is 9.49. The summed E-state index contributed by atoms with van der Waals surface area (Å²) in [5.41, 5.74) is 0. The smallest absolute Gasteiger partial charge is 0 e. The minimum atomic E-state index is 0. The van der Waals surface area contributed by atoms with Gasteiger partial charge < -0.3 is 0 Å². The van der Waals surface area contributed by atoms with Crippen LogP contribution in [0.4, 0.5) is 0 Å². The summed E-state index contributed by atoms with van der Waals surface area (Å²) in [6.07, 6.45) is 0. The fourth-order valence-corrected chi connectivity index (χ4v) is 0. The van der Waals surface area contributed by atoms with E-state index in [9.17, 15) is 0 Å². The van der Waals surface area contributed by atoms with Crippen LogP contribution < -0.4 is 0 Å². The van der Waals surface area contributed by atoms with E-state index in [4.69, 9.17) is 0 Å². The van der Waals surface area contributed by atoms with E-state index < -0.39 is 0 Å². The summed E-state index contributed by atoms with van der Waals surface area (Å²) in [5.74, 6) is 0. The minimum Gasteiger partial charge on any atom is 0 e. The Morgan fingerprint density at radius 3 is 1.00 bits per heavy atom. The molecule has 0 rings (SSSR count). The van der Waals surface area contributed by atoms with Crippen molar-refractivity contribution >= 4 is 8.41 Å². The first kappa shape index (κ1) is 46.0. The fourth-order valence-electron chi connectivity index (χ4n) is 0. The molecular formula is BCrFeNi. The molecular weight excluding hydrogens is 177 g/mol. The maximum absolute atomic E-state index is 0. The van der Waals surface area contributed by atoms with Gasteiger partial charge >= 0.3 is 0 Å². The Bertz CT molecular complexity index is 8.00. The minimum absolute atomic E-state index is 0. The molecule has 0 saturated heterocycles. The second-order valence-electron chi connectivity index (χ2n) is 0. The van der Waals surface area contributed by atoms with Gasteiger partial charge in [0.15, 0.2) is 0 Å². The molecule has 3 radical (unpaired) electrons. The molecule has 0 N–H and O–H groups in total. The average molecular weight is 177 g/mol. The first-order chi connectivity index (χ1) is 0. The van der Waals surface area contributed by atoms with Crippen LogP contribution in [0.1, 0.15) is 0 Å². The zero-order valence-corrected chi connectivity index (χ0v) is 5.02. The summed E-state index contributed by atoms with van der Waals surface area (Å²) in [7, 11) is 0. The van der Waals surface area contributed by atoms with Gasteiger partial charge in [-0.05, 0) is 0 Å². The van der Waals surface area contributed by atoms with Crippen LogP contribution in [-0.2, 0) is 50.9 Å². The number of hydrogen-bond donors (Lipinski definition) is 0. The third-order valence-electron chi connectivity index (χ3n) is 0. The maximum Gasteiger partial charge on any atom is 0 e. The van der Waals surface area contributed by atoms with E-state index in [0.717, 1.165) is 0 Å². The Morgan fingerprint density at radius 2 is 1.00 bits per heavy atom. The van der Waals surface area contributed by atoms with E-state index in [-0.39, 0.29) is 59.3 Å². The van der Waals surface area contributed by atoms with E-state index in [1.807, 2.05) is 0 Å². The first-order valence-corrected chi connectivity index (χ1v) is 0. The molecule has 0 aromatic rings. The van der Waals surface area contributed by atoms with Crippen LogP contribution in [0.5, 0.6) is 0 Å². The molecule has 0 bridgehead atoms. The van der Waals surface area contributed by atoms with Crippen LogP contribution in [0.2, 0.25) is 0 Å². The van der Waals surface area contributed by atoms with E-state index in [1.165, 1.54) is 0 Å². The topological polar surface area (TPSA) is 0 Å². The summed E-state index contributed by atoms with van der Waals surface area (Å²) >= 11 is 0. The first-order valence-electron chi connectivity index (χ1n) is 0. The second kappa shape index (κ2) is 23.2. The van der Waals surface area contributed by atoms with Crippen molar-refractivity contribution in [3.05, 3.63) is 0 Å².